The van der Waals surface area contributed by atoms with Crippen molar-refractivity contribution in [3.05, 3.63) is 153 Å². The van der Waals surface area contributed by atoms with Gasteiger partial charge in [-0.3, -0.25) is 0 Å². The van der Waals surface area contributed by atoms with E-state index >= 15 is 0 Å². The van der Waals surface area contributed by atoms with Gasteiger partial charge in [-0.05, 0) is 189 Å². The van der Waals surface area contributed by atoms with Crippen LogP contribution in [-0.4, -0.2) is 6.71 Å². The van der Waals surface area contributed by atoms with E-state index in [2.05, 4.69) is 170 Å². The fourth-order valence-corrected chi connectivity index (χ4v) is 10.4. The van der Waals surface area contributed by atoms with E-state index in [0.29, 0.717) is 0 Å². The number of hydrogen-bond acceptors (Lipinski definition) is 3. The number of benzene rings is 7. The van der Waals surface area contributed by atoms with Gasteiger partial charge < -0.3 is 14.4 Å². The molecule has 0 aliphatic carbocycles. The first-order chi connectivity index (χ1) is 26.4. The maximum absolute atomic E-state index is 7.19. The van der Waals surface area contributed by atoms with E-state index in [0.717, 1.165) is 62.2 Å². The smallest absolute Gasteiger partial charge is 0.266 e. The van der Waals surface area contributed by atoms with Gasteiger partial charge in [-0.25, -0.2) is 0 Å². The van der Waals surface area contributed by atoms with Crippen LogP contribution in [0.5, 0.6) is 23.0 Å². The van der Waals surface area contributed by atoms with Gasteiger partial charge in [-0.15, -0.1) is 0 Å². The summed E-state index contributed by atoms with van der Waals surface area (Å²) in [4.78, 5) is 2.45. The van der Waals surface area contributed by atoms with Crippen LogP contribution in [0.3, 0.4) is 0 Å². The van der Waals surface area contributed by atoms with Gasteiger partial charge in [0.05, 0.1) is 0 Å². The Bertz CT molecular complexity index is 2610. The Hall–Kier alpha value is -6.00. The molecule has 0 unspecified atom stereocenters. The van der Waals surface area contributed by atoms with Crippen molar-refractivity contribution in [1.82, 2.24) is 0 Å². The van der Waals surface area contributed by atoms with Crippen LogP contribution in [0.1, 0.15) is 50.1 Å². The lowest BCUT2D eigenvalue weighted by molar-refractivity contribution is 0.465. The molecule has 0 spiro atoms. The molecule has 3 nitrogen and oxygen atoms in total. The number of para-hydroxylation sites is 1. The highest BCUT2D eigenvalue weighted by Gasteiger charge is 2.48. The average Bonchev–Trinajstić information content (AvgIpc) is 3.10. The summed E-state index contributed by atoms with van der Waals surface area (Å²) in [5.41, 5.74) is 25.4. The van der Waals surface area contributed by atoms with Gasteiger partial charge in [0.25, 0.3) is 6.71 Å². The Balaban J connectivity index is 1.32. The lowest BCUT2D eigenvalue weighted by atomic mass is 9.33. The van der Waals surface area contributed by atoms with Crippen LogP contribution in [0.2, 0.25) is 0 Å². The van der Waals surface area contributed by atoms with Gasteiger partial charge in [0, 0.05) is 22.5 Å². The minimum atomic E-state index is -0.0553. The predicted molar refractivity (Wildman–Crippen MR) is 231 cm³/mol. The number of hydrogen-bond donors (Lipinski definition) is 0. The highest BCUT2D eigenvalue weighted by atomic mass is 16.5. The molecule has 55 heavy (non-hydrogen) atoms. The molecule has 0 aromatic heterocycles. The number of nitrogens with zero attached hydrogens (tertiary/aromatic N) is 1. The molecule has 3 heterocycles. The summed E-state index contributed by atoms with van der Waals surface area (Å²) in [6, 6.07) is 38.4. The maximum Gasteiger partial charge on any atom is 0.266 e. The highest BCUT2D eigenvalue weighted by Crippen LogP contribution is 2.50. The van der Waals surface area contributed by atoms with Crippen molar-refractivity contribution >= 4 is 40.2 Å². The van der Waals surface area contributed by atoms with Crippen LogP contribution in [0.25, 0.3) is 33.4 Å². The first-order valence-electron chi connectivity index (χ1n) is 19.4. The molecule has 3 aliphatic heterocycles. The van der Waals surface area contributed by atoms with Gasteiger partial charge in [-0.1, -0.05) is 71.3 Å². The van der Waals surface area contributed by atoms with Crippen molar-refractivity contribution in [2.75, 3.05) is 4.90 Å². The van der Waals surface area contributed by atoms with Crippen molar-refractivity contribution in [2.45, 2.75) is 62.3 Å². The van der Waals surface area contributed by atoms with Gasteiger partial charge >= 0.3 is 0 Å². The van der Waals surface area contributed by atoms with Gasteiger partial charge in [0.2, 0.25) is 0 Å². The average molecular weight is 714 g/mol. The zero-order valence-corrected chi connectivity index (χ0v) is 33.2. The van der Waals surface area contributed by atoms with Gasteiger partial charge in [0.1, 0.15) is 23.0 Å². The van der Waals surface area contributed by atoms with Crippen molar-refractivity contribution in [2.24, 2.45) is 0 Å². The molecule has 0 amide bonds. The van der Waals surface area contributed by atoms with Crippen molar-refractivity contribution in [3.8, 4) is 56.4 Å². The molecule has 0 radical (unpaired) electrons. The first-order valence-corrected chi connectivity index (χ1v) is 19.4. The molecule has 0 saturated carbocycles. The summed E-state index contributed by atoms with van der Waals surface area (Å²) < 4.78 is 14.4. The second-order valence-corrected chi connectivity index (χ2v) is 16.3. The van der Waals surface area contributed by atoms with E-state index in [4.69, 9.17) is 9.47 Å². The van der Waals surface area contributed by atoms with Crippen LogP contribution in [0, 0.1) is 62.3 Å². The molecular weight excluding hydrogens is 669 g/mol. The van der Waals surface area contributed by atoms with Gasteiger partial charge in [-0.2, -0.15) is 0 Å². The summed E-state index contributed by atoms with van der Waals surface area (Å²) in [6.07, 6.45) is 0. The summed E-state index contributed by atoms with van der Waals surface area (Å²) in [7, 11) is 0. The van der Waals surface area contributed by atoms with E-state index in [9.17, 15) is 0 Å². The molecule has 4 heteroatoms. The highest BCUT2D eigenvalue weighted by molar-refractivity contribution is 7.00. The van der Waals surface area contributed by atoms with Crippen molar-refractivity contribution in [3.63, 3.8) is 0 Å². The van der Waals surface area contributed by atoms with E-state index < -0.39 is 0 Å². The summed E-state index contributed by atoms with van der Waals surface area (Å²) in [5.74, 6) is 3.53. The molecule has 0 saturated heterocycles. The summed E-state index contributed by atoms with van der Waals surface area (Å²) in [5, 5.41) is 0. The number of anilines is 3. The molecule has 268 valence electrons. The van der Waals surface area contributed by atoms with Gasteiger partial charge in [0.15, 0.2) is 0 Å². The zero-order chi connectivity index (χ0) is 38.0. The molecule has 7 aromatic rings. The number of aryl methyl sites for hydroxylation is 9. The quantitative estimate of drug-likeness (QED) is 0.170. The molecule has 0 N–H and O–H groups in total. The zero-order valence-electron chi connectivity index (χ0n) is 33.2. The summed E-state index contributed by atoms with van der Waals surface area (Å²) >= 11 is 0. The Morgan fingerprint density at radius 2 is 0.709 bits per heavy atom. The Morgan fingerprint density at radius 3 is 1.07 bits per heavy atom. The third kappa shape index (κ3) is 5.04. The normalized spacial score (nSPS) is 13.0. The largest absolute Gasteiger partial charge is 0.458 e. The Kier molecular flexibility index (Phi) is 7.32. The second-order valence-electron chi connectivity index (χ2n) is 16.3. The molecule has 0 atom stereocenters. The predicted octanol–water partition coefficient (Wildman–Crippen LogP) is 12.0. The fraction of sp³-hybridized carbons (Fsp3) is 0.176. The van der Waals surface area contributed by atoms with Crippen LogP contribution < -0.4 is 30.8 Å². The molecule has 3 aliphatic rings. The SMILES string of the molecule is Cc1cc(C)c(-c2cc3c4c(c2)Oc2cc(-c5c(C)cc(C)cc5C)cc5c2B4c2c(cc(-c4c(C)cc(C)cc4C)cc2N5c2ccccc2)O3)c(C)c1. The third-order valence-electron chi connectivity index (χ3n) is 12.0. The third-order valence-corrected chi connectivity index (χ3v) is 12.0. The van der Waals surface area contributed by atoms with Crippen LogP contribution in [0.15, 0.2) is 103 Å². The number of rotatable bonds is 4. The Morgan fingerprint density at radius 1 is 0.382 bits per heavy atom. The van der Waals surface area contributed by atoms with E-state index in [1.165, 1.54) is 77.7 Å². The fourth-order valence-electron chi connectivity index (χ4n) is 10.4. The Labute approximate surface area is 325 Å². The van der Waals surface area contributed by atoms with Crippen LogP contribution >= 0.6 is 0 Å². The first kappa shape index (κ1) is 33.6. The second kappa shape index (κ2) is 12.0. The van der Waals surface area contributed by atoms with Crippen molar-refractivity contribution < 1.29 is 9.47 Å². The lowest BCUT2D eigenvalue weighted by Gasteiger charge is -2.43. The van der Waals surface area contributed by atoms with Crippen LogP contribution in [0.4, 0.5) is 17.1 Å². The topological polar surface area (TPSA) is 21.7 Å². The monoisotopic (exact) mass is 713 g/mol. The van der Waals surface area contributed by atoms with E-state index in [1.807, 2.05) is 0 Å². The lowest BCUT2D eigenvalue weighted by Crippen LogP contribution is -2.61. The summed E-state index contributed by atoms with van der Waals surface area (Å²) in [6.45, 7) is 19.8. The van der Waals surface area contributed by atoms with Crippen molar-refractivity contribution in [1.29, 1.82) is 0 Å². The number of ether oxygens (including phenoxy) is 2. The maximum atomic E-state index is 7.19. The molecule has 10 rings (SSSR count). The molecule has 0 bridgehead atoms. The molecule has 7 aromatic carbocycles. The van der Waals surface area contributed by atoms with E-state index in [1.54, 1.807) is 0 Å². The van der Waals surface area contributed by atoms with E-state index in [-0.39, 0.29) is 6.71 Å². The molecular formula is C51H44BNO2. The minimum Gasteiger partial charge on any atom is -0.458 e. The standard InChI is InChI=1S/C51H44BNO2/c1-27-15-30(4)46(31(5)16-27)36-21-40-49-42(23-36)54-44-25-38(48-34(8)19-29(3)20-35(48)9)26-45-51(44)52(49)50-41(53(40)39-13-11-10-12-14-39)22-37(24-43(50)55-45)47-32(6)17-28(2)18-33(47)7/h10-26H,1-9H3. The molecule has 0 fully saturated rings. The van der Waals surface area contributed by atoms with Crippen LogP contribution in [-0.2, 0) is 0 Å². The minimum absolute atomic E-state index is 0.0553.